The van der Waals surface area contributed by atoms with E-state index in [-0.39, 0.29) is 0 Å². The first-order valence-corrected chi connectivity index (χ1v) is 6.16. The summed E-state index contributed by atoms with van der Waals surface area (Å²) in [7, 11) is 0. The van der Waals surface area contributed by atoms with Gasteiger partial charge in [0.15, 0.2) is 0 Å². The summed E-state index contributed by atoms with van der Waals surface area (Å²) in [5.74, 6) is 0.843. The fourth-order valence-electron chi connectivity index (χ4n) is 1.53. The molecule has 17 heavy (non-hydrogen) atoms. The third-order valence-corrected chi connectivity index (χ3v) is 2.90. The van der Waals surface area contributed by atoms with Crippen molar-refractivity contribution in [1.82, 2.24) is 9.55 Å². The van der Waals surface area contributed by atoms with Gasteiger partial charge < -0.3 is 15.0 Å². The molecule has 0 radical (unpaired) electrons. The minimum Gasteiger partial charge on any atom is -0.491 e. The summed E-state index contributed by atoms with van der Waals surface area (Å²) in [6.07, 6.45) is 5.44. The van der Waals surface area contributed by atoms with E-state index in [1.807, 2.05) is 29.0 Å². The van der Waals surface area contributed by atoms with Gasteiger partial charge in [0.05, 0.1) is 12.9 Å². The maximum Gasteiger partial charge on any atom is 0.123 e. The fourth-order valence-corrected chi connectivity index (χ4v) is 1.94. The molecule has 4 nitrogen and oxygen atoms in total. The van der Waals surface area contributed by atoms with Crippen molar-refractivity contribution in [3.63, 3.8) is 0 Å². The summed E-state index contributed by atoms with van der Waals surface area (Å²) in [6, 6.07) is 5.86. The summed E-state index contributed by atoms with van der Waals surface area (Å²) in [6.45, 7) is 1.85. The zero-order chi connectivity index (χ0) is 12.1. The molecule has 1 aromatic carbocycles. The Labute approximate surface area is 109 Å². The Bertz CT molecular complexity index is 471. The van der Waals surface area contributed by atoms with Crippen LogP contribution in [0, 0.1) is 0 Å². The predicted molar refractivity (Wildman–Crippen MR) is 69.8 cm³/mol. The number of hydrogen-bond acceptors (Lipinski definition) is 3. The number of ether oxygens (including phenoxy) is 1. The maximum atomic E-state index is 5.71. The molecule has 0 spiro atoms. The molecule has 0 aliphatic heterocycles. The largest absolute Gasteiger partial charge is 0.491 e. The SMILES string of the molecule is NCc1cc(Br)ccc1OCCn1ccnc1. The topological polar surface area (TPSA) is 53.1 Å². The van der Waals surface area contributed by atoms with E-state index in [0.717, 1.165) is 22.3 Å². The van der Waals surface area contributed by atoms with Crippen LogP contribution < -0.4 is 10.5 Å². The molecule has 5 heteroatoms. The van der Waals surface area contributed by atoms with Gasteiger partial charge >= 0.3 is 0 Å². The molecule has 0 saturated carbocycles. The van der Waals surface area contributed by atoms with Gasteiger partial charge in [-0.15, -0.1) is 0 Å². The van der Waals surface area contributed by atoms with Crippen LogP contribution in [0.3, 0.4) is 0 Å². The molecule has 1 aromatic heterocycles. The number of nitrogens with two attached hydrogens (primary N) is 1. The molecule has 2 aromatic rings. The Morgan fingerprint density at radius 3 is 3.00 bits per heavy atom. The van der Waals surface area contributed by atoms with Crippen molar-refractivity contribution in [1.29, 1.82) is 0 Å². The molecule has 2 rings (SSSR count). The lowest BCUT2D eigenvalue weighted by Gasteiger charge is -2.11. The van der Waals surface area contributed by atoms with E-state index in [2.05, 4.69) is 20.9 Å². The van der Waals surface area contributed by atoms with E-state index in [4.69, 9.17) is 10.5 Å². The molecule has 90 valence electrons. The first-order chi connectivity index (χ1) is 8.29. The molecule has 2 N–H and O–H groups in total. The van der Waals surface area contributed by atoms with Crippen LogP contribution in [0.15, 0.2) is 41.4 Å². The van der Waals surface area contributed by atoms with Gasteiger partial charge in [0.2, 0.25) is 0 Å². The Morgan fingerprint density at radius 1 is 1.41 bits per heavy atom. The van der Waals surface area contributed by atoms with Crippen LogP contribution in [0.2, 0.25) is 0 Å². The zero-order valence-electron chi connectivity index (χ0n) is 9.34. The molecular weight excluding hydrogens is 282 g/mol. The highest BCUT2D eigenvalue weighted by Crippen LogP contribution is 2.22. The first-order valence-electron chi connectivity index (χ1n) is 5.36. The van der Waals surface area contributed by atoms with E-state index in [0.29, 0.717) is 13.2 Å². The van der Waals surface area contributed by atoms with Crippen molar-refractivity contribution >= 4 is 15.9 Å². The van der Waals surface area contributed by atoms with E-state index < -0.39 is 0 Å². The summed E-state index contributed by atoms with van der Waals surface area (Å²) < 4.78 is 8.69. The van der Waals surface area contributed by atoms with Gasteiger partial charge in [-0.3, -0.25) is 0 Å². The number of nitrogens with zero attached hydrogens (tertiary/aromatic N) is 2. The van der Waals surface area contributed by atoms with Crippen molar-refractivity contribution < 1.29 is 4.74 Å². The van der Waals surface area contributed by atoms with E-state index >= 15 is 0 Å². The number of aromatic nitrogens is 2. The maximum absolute atomic E-state index is 5.71. The molecular formula is C12H14BrN3O. The highest BCUT2D eigenvalue weighted by Gasteiger charge is 2.02. The van der Waals surface area contributed by atoms with Crippen molar-refractivity contribution in [3.8, 4) is 5.75 Å². The predicted octanol–water partition coefficient (Wildman–Crippen LogP) is 2.18. The van der Waals surface area contributed by atoms with Crippen molar-refractivity contribution in [2.75, 3.05) is 6.61 Å². The lowest BCUT2D eigenvalue weighted by atomic mass is 10.2. The number of imidazole rings is 1. The molecule has 0 unspecified atom stereocenters. The van der Waals surface area contributed by atoms with Crippen LogP contribution in [0.4, 0.5) is 0 Å². The van der Waals surface area contributed by atoms with Gasteiger partial charge in [-0.1, -0.05) is 15.9 Å². The molecule has 0 aliphatic rings. The van der Waals surface area contributed by atoms with Crippen molar-refractivity contribution in [2.24, 2.45) is 5.73 Å². The van der Waals surface area contributed by atoms with E-state index in [9.17, 15) is 0 Å². The van der Waals surface area contributed by atoms with Crippen LogP contribution in [-0.2, 0) is 13.1 Å². The lowest BCUT2D eigenvalue weighted by Crippen LogP contribution is -2.08. The van der Waals surface area contributed by atoms with Gasteiger partial charge in [-0.05, 0) is 18.2 Å². The molecule has 0 fully saturated rings. The number of rotatable bonds is 5. The van der Waals surface area contributed by atoms with Gasteiger partial charge in [0.1, 0.15) is 12.4 Å². The van der Waals surface area contributed by atoms with Gasteiger partial charge in [0.25, 0.3) is 0 Å². The summed E-state index contributed by atoms with van der Waals surface area (Å²) in [4.78, 5) is 3.97. The van der Waals surface area contributed by atoms with Gasteiger partial charge in [0, 0.05) is 29.0 Å². The highest BCUT2D eigenvalue weighted by atomic mass is 79.9. The molecule has 0 saturated heterocycles. The Morgan fingerprint density at radius 2 is 2.29 bits per heavy atom. The second kappa shape index (κ2) is 5.84. The Hall–Kier alpha value is -1.33. The van der Waals surface area contributed by atoms with Crippen LogP contribution >= 0.6 is 15.9 Å². The van der Waals surface area contributed by atoms with Crippen LogP contribution in [0.25, 0.3) is 0 Å². The number of halogens is 1. The normalized spacial score (nSPS) is 10.5. The number of hydrogen-bond donors (Lipinski definition) is 1. The van der Waals surface area contributed by atoms with Crippen LogP contribution in [0.5, 0.6) is 5.75 Å². The Balaban J connectivity index is 1.94. The second-order valence-corrected chi connectivity index (χ2v) is 4.52. The van der Waals surface area contributed by atoms with Gasteiger partial charge in [-0.25, -0.2) is 4.98 Å². The molecule has 0 aliphatic carbocycles. The molecule has 1 heterocycles. The molecule has 0 bridgehead atoms. The minimum absolute atomic E-state index is 0.472. The van der Waals surface area contributed by atoms with Crippen LogP contribution in [0.1, 0.15) is 5.56 Å². The van der Waals surface area contributed by atoms with E-state index in [1.54, 1.807) is 12.5 Å². The van der Waals surface area contributed by atoms with E-state index in [1.165, 1.54) is 0 Å². The lowest BCUT2D eigenvalue weighted by molar-refractivity contribution is 0.295. The zero-order valence-corrected chi connectivity index (χ0v) is 10.9. The standard InChI is InChI=1S/C12H14BrN3O/c13-11-1-2-12(10(7-11)8-14)17-6-5-16-4-3-15-9-16/h1-4,7,9H,5-6,8,14H2. The molecule has 0 amide bonds. The Kier molecular flexibility index (Phi) is 4.17. The van der Waals surface area contributed by atoms with Crippen molar-refractivity contribution in [2.45, 2.75) is 13.1 Å². The third kappa shape index (κ3) is 3.31. The first kappa shape index (κ1) is 12.1. The monoisotopic (exact) mass is 295 g/mol. The minimum atomic E-state index is 0.472. The molecule has 0 atom stereocenters. The average Bonchev–Trinajstić information content (AvgIpc) is 2.84. The summed E-state index contributed by atoms with van der Waals surface area (Å²) in [5.41, 5.74) is 6.67. The van der Waals surface area contributed by atoms with Crippen molar-refractivity contribution in [3.05, 3.63) is 47.0 Å². The summed E-state index contributed by atoms with van der Waals surface area (Å²) >= 11 is 3.41. The van der Waals surface area contributed by atoms with Gasteiger partial charge in [-0.2, -0.15) is 0 Å². The second-order valence-electron chi connectivity index (χ2n) is 3.61. The average molecular weight is 296 g/mol. The highest BCUT2D eigenvalue weighted by molar-refractivity contribution is 9.10. The number of benzene rings is 1. The smallest absolute Gasteiger partial charge is 0.123 e. The summed E-state index contributed by atoms with van der Waals surface area (Å²) in [5, 5.41) is 0. The quantitative estimate of drug-likeness (QED) is 0.920. The third-order valence-electron chi connectivity index (χ3n) is 2.41. The van der Waals surface area contributed by atoms with Crippen LogP contribution in [-0.4, -0.2) is 16.2 Å². The fraction of sp³-hybridized carbons (Fsp3) is 0.250.